The number of rotatable bonds is 2. The van der Waals surface area contributed by atoms with Crippen molar-refractivity contribution < 1.29 is 13.2 Å². The average molecular weight is 457 g/mol. The highest BCUT2D eigenvalue weighted by atomic mass is 32.1. The number of amidine groups is 1. The van der Waals surface area contributed by atoms with Gasteiger partial charge in [0.1, 0.15) is 10.8 Å². The van der Waals surface area contributed by atoms with E-state index in [1.54, 1.807) is 17.4 Å². The molecule has 0 amide bonds. The molecule has 1 fully saturated rings. The number of anilines is 2. The summed E-state index contributed by atoms with van der Waals surface area (Å²) in [6.45, 7) is 4.29. The van der Waals surface area contributed by atoms with Gasteiger partial charge < -0.3 is 15.5 Å². The number of nitrogens with one attached hydrogen (secondary N) is 2. The molecule has 8 heteroatoms. The van der Waals surface area contributed by atoms with Crippen molar-refractivity contribution in [3.8, 4) is 0 Å². The number of thiophene rings is 1. The predicted molar refractivity (Wildman–Crippen MR) is 123 cm³/mol. The number of benzene rings is 2. The summed E-state index contributed by atoms with van der Waals surface area (Å²) in [5.41, 5.74) is 3.01. The fourth-order valence-electron chi connectivity index (χ4n) is 4.30. The lowest BCUT2D eigenvalue weighted by atomic mass is 10.0. The maximum atomic E-state index is 13.1. The summed E-state index contributed by atoms with van der Waals surface area (Å²) in [5.74, 6) is 0.914. The zero-order chi connectivity index (χ0) is 22.3. The number of fused-ring (bicyclic) bond motifs is 2. The van der Waals surface area contributed by atoms with E-state index in [4.69, 9.17) is 4.99 Å². The third-order valence-electron chi connectivity index (χ3n) is 5.77. The molecule has 0 aliphatic carbocycles. The van der Waals surface area contributed by atoms with Crippen molar-refractivity contribution in [2.45, 2.75) is 25.6 Å². The molecule has 1 atom stereocenters. The zero-order valence-electron chi connectivity index (χ0n) is 17.5. The van der Waals surface area contributed by atoms with E-state index in [9.17, 15) is 13.2 Å². The molecule has 0 spiro atoms. The molecule has 5 rings (SSSR count). The number of aryl methyl sites for hydroxylation is 1. The van der Waals surface area contributed by atoms with Crippen LogP contribution in [0.2, 0.25) is 0 Å². The number of aliphatic imine (C=N–C) groups is 1. The van der Waals surface area contributed by atoms with E-state index in [2.05, 4.69) is 28.5 Å². The molecule has 0 bridgehead atoms. The smallest absolute Gasteiger partial charge is 0.353 e. The number of halogens is 3. The number of para-hydroxylation sites is 2. The van der Waals surface area contributed by atoms with Gasteiger partial charge in [0.05, 0.1) is 22.5 Å². The van der Waals surface area contributed by atoms with E-state index in [-0.39, 0.29) is 6.04 Å². The summed E-state index contributed by atoms with van der Waals surface area (Å²) < 4.78 is 39.3. The molecule has 2 aliphatic heterocycles. The SMILES string of the molecule is Cc1cc2c(s1)Nc1ccccc1N=C2N1CCN[C@@H](Cc2cccc(C(F)(F)F)c2)C1. The van der Waals surface area contributed by atoms with E-state index >= 15 is 0 Å². The second-order valence-electron chi connectivity index (χ2n) is 8.18. The van der Waals surface area contributed by atoms with Crippen LogP contribution in [-0.2, 0) is 12.6 Å². The van der Waals surface area contributed by atoms with Crippen LogP contribution in [0.1, 0.15) is 21.6 Å². The van der Waals surface area contributed by atoms with Gasteiger partial charge in [-0.25, -0.2) is 4.99 Å². The van der Waals surface area contributed by atoms with Gasteiger partial charge in [0.2, 0.25) is 0 Å². The molecule has 2 N–H and O–H groups in total. The molecule has 32 heavy (non-hydrogen) atoms. The first-order valence-electron chi connectivity index (χ1n) is 10.6. The fourth-order valence-corrected chi connectivity index (χ4v) is 5.22. The Labute approximate surface area is 188 Å². The quantitative estimate of drug-likeness (QED) is 0.518. The summed E-state index contributed by atoms with van der Waals surface area (Å²) in [4.78, 5) is 8.47. The minimum absolute atomic E-state index is 0.0320. The van der Waals surface area contributed by atoms with Crippen LogP contribution >= 0.6 is 11.3 Å². The summed E-state index contributed by atoms with van der Waals surface area (Å²) in [7, 11) is 0. The van der Waals surface area contributed by atoms with Crippen molar-refractivity contribution >= 4 is 33.5 Å². The van der Waals surface area contributed by atoms with Crippen LogP contribution in [0.15, 0.2) is 59.6 Å². The standard InChI is InChI=1S/C24H23F3N4S/c1-15-11-19-22(29-20-7-2-3-8-21(20)30-23(19)32-15)31-10-9-28-18(14-31)13-16-5-4-6-17(12-16)24(25,26)27/h2-8,11-12,18,28,30H,9-10,13-14H2,1H3/t18-/m0/s1. The Morgan fingerprint density at radius 1 is 1.12 bits per heavy atom. The lowest BCUT2D eigenvalue weighted by Crippen LogP contribution is -2.53. The Morgan fingerprint density at radius 2 is 1.97 bits per heavy atom. The van der Waals surface area contributed by atoms with Gasteiger partial charge in [0.25, 0.3) is 0 Å². The number of nitrogens with zero attached hydrogens (tertiary/aromatic N) is 2. The van der Waals surface area contributed by atoms with E-state index < -0.39 is 11.7 Å². The molecule has 2 aromatic carbocycles. The number of piperazine rings is 1. The molecule has 1 saturated heterocycles. The predicted octanol–water partition coefficient (Wildman–Crippen LogP) is 5.73. The van der Waals surface area contributed by atoms with E-state index in [0.717, 1.165) is 46.9 Å². The highest BCUT2D eigenvalue weighted by molar-refractivity contribution is 7.16. The molecule has 0 unspecified atom stereocenters. The third kappa shape index (κ3) is 4.25. The second kappa shape index (κ2) is 8.26. The Balaban J connectivity index is 1.42. The third-order valence-corrected chi connectivity index (χ3v) is 6.73. The van der Waals surface area contributed by atoms with E-state index in [1.165, 1.54) is 17.0 Å². The van der Waals surface area contributed by atoms with Gasteiger partial charge in [-0.3, -0.25) is 0 Å². The first-order chi connectivity index (χ1) is 15.4. The van der Waals surface area contributed by atoms with Gasteiger partial charge in [0.15, 0.2) is 0 Å². The van der Waals surface area contributed by atoms with Crippen molar-refractivity contribution in [1.29, 1.82) is 0 Å². The van der Waals surface area contributed by atoms with Crippen LogP contribution in [0.5, 0.6) is 0 Å². The number of alkyl halides is 3. The lowest BCUT2D eigenvalue weighted by molar-refractivity contribution is -0.137. The normalized spacial score (nSPS) is 18.3. The average Bonchev–Trinajstić information content (AvgIpc) is 3.05. The molecule has 166 valence electrons. The van der Waals surface area contributed by atoms with Crippen LogP contribution in [0.3, 0.4) is 0 Å². The Kier molecular flexibility index (Phi) is 5.43. The Morgan fingerprint density at radius 3 is 2.81 bits per heavy atom. The molecular formula is C24H23F3N4S. The molecule has 2 aliphatic rings. The molecule has 0 radical (unpaired) electrons. The van der Waals surface area contributed by atoms with Crippen molar-refractivity contribution in [2.24, 2.45) is 4.99 Å². The highest BCUT2D eigenvalue weighted by Gasteiger charge is 2.31. The fraction of sp³-hybridized carbons (Fsp3) is 0.292. The largest absolute Gasteiger partial charge is 0.416 e. The maximum absolute atomic E-state index is 13.1. The van der Waals surface area contributed by atoms with Gasteiger partial charge in [-0.2, -0.15) is 13.2 Å². The van der Waals surface area contributed by atoms with Gasteiger partial charge in [-0.15, -0.1) is 11.3 Å². The number of hydrogen-bond donors (Lipinski definition) is 2. The zero-order valence-corrected chi connectivity index (χ0v) is 18.4. The second-order valence-corrected chi connectivity index (χ2v) is 9.43. The van der Waals surface area contributed by atoms with Crippen molar-refractivity contribution in [2.75, 3.05) is 25.0 Å². The highest BCUT2D eigenvalue weighted by Crippen LogP contribution is 2.39. The Hall–Kier alpha value is -2.84. The Bertz CT molecular complexity index is 1170. The van der Waals surface area contributed by atoms with Crippen LogP contribution < -0.4 is 10.6 Å². The van der Waals surface area contributed by atoms with Crippen molar-refractivity contribution in [1.82, 2.24) is 10.2 Å². The summed E-state index contributed by atoms with van der Waals surface area (Å²) in [5, 5.41) is 8.06. The topological polar surface area (TPSA) is 39.7 Å². The molecule has 4 nitrogen and oxygen atoms in total. The van der Waals surface area contributed by atoms with E-state index in [0.29, 0.717) is 18.5 Å². The molecular weight excluding hydrogens is 433 g/mol. The first kappa shape index (κ1) is 21.0. The van der Waals surface area contributed by atoms with Gasteiger partial charge in [-0.1, -0.05) is 30.3 Å². The molecule has 1 aromatic heterocycles. The van der Waals surface area contributed by atoms with Gasteiger partial charge in [-0.05, 0) is 43.2 Å². The van der Waals surface area contributed by atoms with Gasteiger partial charge in [0, 0.05) is 30.6 Å². The van der Waals surface area contributed by atoms with Crippen molar-refractivity contribution in [3.63, 3.8) is 0 Å². The van der Waals surface area contributed by atoms with Crippen LogP contribution in [0, 0.1) is 6.92 Å². The number of hydrogen-bond acceptors (Lipinski definition) is 5. The molecule has 0 saturated carbocycles. The molecule has 3 aromatic rings. The van der Waals surface area contributed by atoms with Crippen molar-refractivity contribution in [3.05, 3.63) is 76.2 Å². The van der Waals surface area contributed by atoms with Crippen LogP contribution in [0.25, 0.3) is 0 Å². The summed E-state index contributed by atoms with van der Waals surface area (Å²) in [6, 6.07) is 15.8. The molecule has 3 heterocycles. The summed E-state index contributed by atoms with van der Waals surface area (Å²) in [6.07, 6.45) is -3.80. The van der Waals surface area contributed by atoms with Crippen LogP contribution in [-0.4, -0.2) is 36.4 Å². The minimum Gasteiger partial charge on any atom is -0.353 e. The summed E-state index contributed by atoms with van der Waals surface area (Å²) >= 11 is 1.70. The monoisotopic (exact) mass is 456 g/mol. The maximum Gasteiger partial charge on any atom is 0.416 e. The first-order valence-corrected chi connectivity index (χ1v) is 11.4. The lowest BCUT2D eigenvalue weighted by Gasteiger charge is -2.36. The van der Waals surface area contributed by atoms with Crippen LogP contribution in [0.4, 0.5) is 29.5 Å². The van der Waals surface area contributed by atoms with E-state index in [1.807, 2.05) is 24.3 Å². The minimum atomic E-state index is -4.33. The van der Waals surface area contributed by atoms with Gasteiger partial charge >= 0.3 is 6.18 Å².